The Kier molecular flexibility index (Phi) is 3.73. The van der Waals surface area contributed by atoms with E-state index >= 15 is 0 Å². The van der Waals surface area contributed by atoms with E-state index in [1.54, 1.807) is 12.1 Å². The second-order valence-corrected chi connectivity index (χ2v) is 3.82. The molecule has 0 aliphatic rings. The standard InChI is InChI=1S/C14H14FNO/c15-12-6-4-5-11(9-12)14(17)10-16-13-7-2-1-3-8-13/h1-9,14,16-17H,10H2. The highest BCUT2D eigenvalue weighted by molar-refractivity contribution is 5.42. The van der Waals surface area contributed by atoms with Crippen molar-refractivity contribution in [2.24, 2.45) is 0 Å². The van der Waals surface area contributed by atoms with E-state index in [1.807, 2.05) is 30.3 Å². The number of hydrogen-bond acceptors (Lipinski definition) is 2. The normalized spacial score (nSPS) is 12.1. The molecule has 2 aromatic carbocycles. The number of rotatable bonds is 4. The minimum absolute atomic E-state index is 0.332. The molecule has 17 heavy (non-hydrogen) atoms. The van der Waals surface area contributed by atoms with Crippen molar-refractivity contribution in [1.82, 2.24) is 0 Å². The first-order valence-electron chi connectivity index (χ1n) is 5.48. The third-order valence-electron chi connectivity index (χ3n) is 2.51. The van der Waals surface area contributed by atoms with Gasteiger partial charge in [-0.2, -0.15) is 0 Å². The highest BCUT2D eigenvalue weighted by atomic mass is 19.1. The number of nitrogens with one attached hydrogen (secondary N) is 1. The summed E-state index contributed by atoms with van der Waals surface area (Å²) < 4.78 is 13.0. The molecule has 1 unspecified atom stereocenters. The summed E-state index contributed by atoms with van der Waals surface area (Å²) in [6.45, 7) is 0.355. The van der Waals surface area contributed by atoms with E-state index in [0.717, 1.165) is 5.69 Å². The second-order valence-electron chi connectivity index (χ2n) is 3.82. The highest BCUT2D eigenvalue weighted by Gasteiger charge is 2.07. The van der Waals surface area contributed by atoms with Gasteiger partial charge in [0, 0.05) is 12.2 Å². The fraction of sp³-hybridized carbons (Fsp3) is 0.143. The minimum Gasteiger partial charge on any atom is -0.387 e. The molecule has 2 aromatic rings. The summed E-state index contributed by atoms with van der Waals surface area (Å²) in [6.07, 6.45) is -0.717. The van der Waals surface area contributed by atoms with E-state index in [-0.39, 0.29) is 5.82 Å². The van der Waals surface area contributed by atoms with Crippen molar-refractivity contribution in [2.75, 3.05) is 11.9 Å². The maximum absolute atomic E-state index is 13.0. The Bertz CT molecular complexity index is 473. The Morgan fingerprint density at radius 3 is 2.53 bits per heavy atom. The van der Waals surface area contributed by atoms with Gasteiger partial charge in [0.1, 0.15) is 5.82 Å². The van der Waals surface area contributed by atoms with E-state index in [4.69, 9.17) is 0 Å². The van der Waals surface area contributed by atoms with Gasteiger partial charge in [-0.1, -0.05) is 30.3 Å². The lowest BCUT2D eigenvalue weighted by molar-refractivity contribution is 0.191. The van der Waals surface area contributed by atoms with E-state index in [0.29, 0.717) is 12.1 Å². The zero-order valence-electron chi connectivity index (χ0n) is 9.31. The summed E-state index contributed by atoms with van der Waals surface area (Å²) in [6, 6.07) is 15.6. The van der Waals surface area contributed by atoms with Crippen molar-refractivity contribution >= 4 is 5.69 Å². The van der Waals surface area contributed by atoms with Gasteiger partial charge in [0.2, 0.25) is 0 Å². The summed E-state index contributed by atoms with van der Waals surface area (Å²) in [5, 5.41) is 13.0. The average molecular weight is 231 g/mol. The molecule has 0 spiro atoms. The number of aliphatic hydroxyl groups excluding tert-OH is 1. The summed E-state index contributed by atoms with van der Waals surface area (Å²) in [5.74, 6) is -0.332. The van der Waals surface area contributed by atoms with Gasteiger partial charge < -0.3 is 10.4 Å². The van der Waals surface area contributed by atoms with Gasteiger partial charge in [0.05, 0.1) is 6.10 Å². The monoisotopic (exact) mass is 231 g/mol. The molecule has 0 aromatic heterocycles. The summed E-state index contributed by atoms with van der Waals surface area (Å²) in [7, 11) is 0. The van der Waals surface area contributed by atoms with Crippen molar-refractivity contribution < 1.29 is 9.50 Å². The van der Waals surface area contributed by atoms with Crippen molar-refractivity contribution in [3.63, 3.8) is 0 Å². The smallest absolute Gasteiger partial charge is 0.123 e. The highest BCUT2D eigenvalue weighted by Crippen LogP contribution is 2.15. The first-order valence-corrected chi connectivity index (χ1v) is 5.48. The molecule has 0 fully saturated rings. The molecule has 3 heteroatoms. The van der Waals surface area contributed by atoms with Crippen LogP contribution in [0.5, 0.6) is 0 Å². The Balaban J connectivity index is 1.96. The SMILES string of the molecule is OC(CNc1ccccc1)c1cccc(F)c1. The average Bonchev–Trinajstić information content (AvgIpc) is 2.37. The molecule has 0 radical (unpaired) electrons. The lowest BCUT2D eigenvalue weighted by Crippen LogP contribution is -2.12. The maximum atomic E-state index is 13.0. The zero-order chi connectivity index (χ0) is 12.1. The maximum Gasteiger partial charge on any atom is 0.123 e. The van der Waals surface area contributed by atoms with Gasteiger partial charge in [-0.15, -0.1) is 0 Å². The third-order valence-corrected chi connectivity index (χ3v) is 2.51. The number of aliphatic hydroxyl groups is 1. The van der Waals surface area contributed by atoms with E-state index in [2.05, 4.69) is 5.32 Å². The largest absolute Gasteiger partial charge is 0.387 e. The Hall–Kier alpha value is -1.87. The molecule has 0 saturated carbocycles. The zero-order valence-corrected chi connectivity index (χ0v) is 9.31. The molecule has 2 N–H and O–H groups in total. The van der Waals surface area contributed by atoms with Gasteiger partial charge in [-0.3, -0.25) is 0 Å². The minimum atomic E-state index is -0.717. The van der Waals surface area contributed by atoms with Crippen LogP contribution in [0, 0.1) is 5.82 Å². The molecular weight excluding hydrogens is 217 g/mol. The molecule has 1 atom stereocenters. The van der Waals surface area contributed by atoms with Crippen LogP contribution in [-0.4, -0.2) is 11.7 Å². The van der Waals surface area contributed by atoms with Gasteiger partial charge >= 0.3 is 0 Å². The van der Waals surface area contributed by atoms with Crippen molar-refractivity contribution in [3.8, 4) is 0 Å². The lowest BCUT2D eigenvalue weighted by Gasteiger charge is -2.13. The summed E-state index contributed by atoms with van der Waals surface area (Å²) >= 11 is 0. The number of anilines is 1. The Labute approximate surface area is 99.7 Å². The first-order chi connectivity index (χ1) is 8.25. The Morgan fingerprint density at radius 1 is 1.06 bits per heavy atom. The van der Waals surface area contributed by atoms with Gasteiger partial charge in [0.15, 0.2) is 0 Å². The topological polar surface area (TPSA) is 32.3 Å². The molecule has 2 rings (SSSR count). The van der Waals surface area contributed by atoms with E-state index < -0.39 is 6.10 Å². The quantitative estimate of drug-likeness (QED) is 0.847. The number of para-hydroxylation sites is 1. The van der Waals surface area contributed by atoms with Crippen LogP contribution >= 0.6 is 0 Å². The Morgan fingerprint density at radius 2 is 1.82 bits per heavy atom. The number of halogens is 1. The van der Waals surface area contributed by atoms with Crippen molar-refractivity contribution in [1.29, 1.82) is 0 Å². The lowest BCUT2D eigenvalue weighted by atomic mass is 10.1. The predicted octanol–water partition coefficient (Wildman–Crippen LogP) is 2.97. The van der Waals surface area contributed by atoms with Crippen molar-refractivity contribution in [3.05, 3.63) is 66.0 Å². The fourth-order valence-electron chi connectivity index (χ4n) is 1.60. The van der Waals surface area contributed by atoms with Gasteiger partial charge in [-0.25, -0.2) is 4.39 Å². The summed E-state index contributed by atoms with van der Waals surface area (Å²) in [4.78, 5) is 0. The van der Waals surface area contributed by atoms with Crippen LogP contribution in [0.1, 0.15) is 11.7 Å². The van der Waals surface area contributed by atoms with Crippen molar-refractivity contribution in [2.45, 2.75) is 6.10 Å². The van der Waals surface area contributed by atoms with E-state index in [9.17, 15) is 9.50 Å². The number of hydrogen-bond donors (Lipinski definition) is 2. The van der Waals surface area contributed by atoms with Crippen LogP contribution in [0.25, 0.3) is 0 Å². The van der Waals surface area contributed by atoms with Gasteiger partial charge in [-0.05, 0) is 29.8 Å². The van der Waals surface area contributed by atoms with E-state index in [1.165, 1.54) is 12.1 Å². The second kappa shape index (κ2) is 5.46. The van der Waals surface area contributed by atoms with Crippen LogP contribution in [0.3, 0.4) is 0 Å². The third kappa shape index (κ3) is 3.29. The van der Waals surface area contributed by atoms with Crippen LogP contribution < -0.4 is 5.32 Å². The predicted molar refractivity (Wildman–Crippen MR) is 66.3 cm³/mol. The molecule has 2 nitrogen and oxygen atoms in total. The van der Waals surface area contributed by atoms with Crippen LogP contribution in [-0.2, 0) is 0 Å². The van der Waals surface area contributed by atoms with Crippen LogP contribution in [0.2, 0.25) is 0 Å². The fourth-order valence-corrected chi connectivity index (χ4v) is 1.60. The first kappa shape index (κ1) is 11.6. The molecule has 0 aliphatic heterocycles. The number of benzene rings is 2. The van der Waals surface area contributed by atoms with Gasteiger partial charge in [0.25, 0.3) is 0 Å². The molecule has 0 bridgehead atoms. The van der Waals surface area contributed by atoms with Crippen LogP contribution in [0.4, 0.5) is 10.1 Å². The molecule has 0 heterocycles. The molecule has 0 saturated heterocycles. The summed E-state index contributed by atoms with van der Waals surface area (Å²) in [5.41, 5.74) is 1.51. The molecule has 88 valence electrons. The molecule has 0 aliphatic carbocycles. The molecule has 0 amide bonds. The molecular formula is C14H14FNO. The van der Waals surface area contributed by atoms with Crippen LogP contribution in [0.15, 0.2) is 54.6 Å².